The molecule has 5 aliphatic rings. The van der Waals surface area contributed by atoms with E-state index in [1.807, 2.05) is 0 Å². The van der Waals surface area contributed by atoms with Crippen molar-refractivity contribution in [2.75, 3.05) is 19.6 Å². The lowest BCUT2D eigenvalue weighted by atomic mass is 9.45. The fraction of sp³-hybridized carbons (Fsp3) is 0.926. The average Bonchev–Trinajstić information content (AvgIpc) is 3.10. The molecule has 0 N–H and O–H groups in total. The van der Waals surface area contributed by atoms with Crippen LogP contribution in [0.1, 0.15) is 97.3 Å². The van der Waals surface area contributed by atoms with E-state index in [1.165, 1.54) is 51.4 Å². The molecule has 0 unspecified atom stereocenters. The number of carbonyl (C=O) groups excluding carboxylic acids is 2. The molecule has 0 aromatic rings. The zero-order valence-electron chi connectivity index (χ0n) is 19.9. The molecule has 0 spiro atoms. The number of Topliss-reactive ketones (excluding diaryl/α,β-unsaturated/α-hetero) is 1. The Morgan fingerprint density at radius 3 is 2.55 bits per heavy atom. The first-order chi connectivity index (χ1) is 14.9. The second-order valence-corrected chi connectivity index (χ2v) is 12.2. The molecule has 7 atom stereocenters. The third-order valence-electron chi connectivity index (χ3n) is 10.7. The number of nitrogens with zero attached hydrogens (tertiary/aromatic N) is 1. The molecular formula is C27H43NO3. The van der Waals surface area contributed by atoms with Gasteiger partial charge in [-0.05, 0) is 100.0 Å². The highest BCUT2D eigenvalue weighted by molar-refractivity contribution is 5.79. The molecule has 5 fully saturated rings. The first-order valence-corrected chi connectivity index (χ1v) is 13.3. The van der Waals surface area contributed by atoms with E-state index in [4.69, 9.17) is 4.74 Å². The number of hydrogen-bond acceptors (Lipinski definition) is 4. The predicted molar refractivity (Wildman–Crippen MR) is 122 cm³/mol. The number of ether oxygens (including phenoxy) is 1. The summed E-state index contributed by atoms with van der Waals surface area (Å²) in [5.41, 5.74) is 0.525. The standard InChI is InChI=1S/C27H43NO3/c1-26-13-10-20(29)18-19(26)6-7-21-22-8-9-24(27(22,2)14-11-23(21)26)31-25(30)12-17-28-15-4-3-5-16-28/h19,21-24H,3-18H2,1-2H3/t19-,21+,22+,23+,24-,26-,27-/m0/s1. The third-order valence-corrected chi connectivity index (χ3v) is 10.7. The van der Waals surface area contributed by atoms with Crippen LogP contribution in [0.4, 0.5) is 0 Å². The maximum absolute atomic E-state index is 12.7. The van der Waals surface area contributed by atoms with E-state index >= 15 is 0 Å². The normalized spacial score (nSPS) is 45.5. The average molecular weight is 430 g/mol. The number of piperidine rings is 1. The van der Waals surface area contributed by atoms with Crippen molar-refractivity contribution in [2.24, 2.45) is 34.5 Å². The van der Waals surface area contributed by atoms with Crippen LogP contribution in [0, 0.1) is 34.5 Å². The molecular weight excluding hydrogens is 386 g/mol. The van der Waals surface area contributed by atoms with E-state index in [-0.39, 0.29) is 17.5 Å². The van der Waals surface area contributed by atoms with Gasteiger partial charge in [0.05, 0.1) is 6.42 Å². The zero-order valence-corrected chi connectivity index (χ0v) is 19.9. The lowest BCUT2D eigenvalue weighted by Crippen LogP contribution is -2.54. The van der Waals surface area contributed by atoms with Gasteiger partial charge in [0.1, 0.15) is 11.9 Å². The molecule has 0 bridgehead atoms. The van der Waals surface area contributed by atoms with Crippen molar-refractivity contribution < 1.29 is 14.3 Å². The van der Waals surface area contributed by atoms with Gasteiger partial charge < -0.3 is 9.64 Å². The van der Waals surface area contributed by atoms with Crippen molar-refractivity contribution in [3.05, 3.63) is 0 Å². The summed E-state index contributed by atoms with van der Waals surface area (Å²) >= 11 is 0. The molecule has 4 heteroatoms. The van der Waals surface area contributed by atoms with Gasteiger partial charge in [0.15, 0.2) is 0 Å². The monoisotopic (exact) mass is 429 g/mol. The number of likely N-dealkylation sites (tertiary alicyclic amines) is 1. The molecule has 4 saturated carbocycles. The molecule has 0 amide bonds. The minimum absolute atomic E-state index is 0.0287. The molecule has 1 aliphatic heterocycles. The summed E-state index contributed by atoms with van der Waals surface area (Å²) in [6.45, 7) is 8.10. The highest BCUT2D eigenvalue weighted by Gasteiger charge is 2.61. The van der Waals surface area contributed by atoms with Crippen LogP contribution in [0.25, 0.3) is 0 Å². The summed E-state index contributed by atoms with van der Waals surface area (Å²) in [6, 6.07) is 0. The first kappa shape index (κ1) is 21.9. The number of hydrogen-bond donors (Lipinski definition) is 0. The fourth-order valence-electron chi connectivity index (χ4n) is 8.84. The maximum Gasteiger partial charge on any atom is 0.307 e. The van der Waals surface area contributed by atoms with Gasteiger partial charge in [0.2, 0.25) is 0 Å². The van der Waals surface area contributed by atoms with Crippen molar-refractivity contribution in [3.63, 3.8) is 0 Å². The zero-order chi connectivity index (χ0) is 21.6. The lowest BCUT2D eigenvalue weighted by Gasteiger charge is -2.60. The van der Waals surface area contributed by atoms with Crippen molar-refractivity contribution in [1.82, 2.24) is 4.90 Å². The predicted octanol–water partition coefficient (Wildman–Crippen LogP) is 5.39. The van der Waals surface area contributed by atoms with Crippen molar-refractivity contribution in [3.8, 4) is 0 Å². The second kappa shape index (κ2) is 8.47. The SMILES string of the molecule is C[C@]12CCC(=O)C[C@@H]1CC[C@H]1[C@H]2CC[C@]2(C)[C@@H](OC(=O)CCN3CCCCC3)CC[C@H]12. The molecule has 0 aromatic carbocycles. The Morgan fingerprint density at radius 1 is 0.968 bits per heavy atom. The van der Waals surface area contributed by atoms with Crippen molar-refractivity contribution in [1.29, 1.82) is 0 Å². The number of fused-ring (bicyclic) bond motifs is 5. The van der Waals surface area contributed by atoms with Crippen LogP contribution in [-0.4, -0.2) is 42.4 Å². The molecule has 0 radical (unpaired) electrons. The van der Waals surface area contributed by atoms with Crippen LogP contribution in [0.3, 0.4) is 0 Å². The van der Waals surface area contributed by atoms with Gasteiger partial charge in [-0.25, -0.2) is 0 Å². The summed E-state index contributed by atoms with van der Waals surface area (Å²) in [7, 11) is 0. The minimum Gasteiger partial charge on any atom is -0.462 e. The first-order valence-electron chi connectivity index (χ1n) is 13.3. The Bertz CT molecular complexity index is 701. The van der Waals surface area contributed by atoms with Gasteiger partial charge in [-0.2, -0.15) is 0 Å². The topological polar surface area (TPSA) is 46.6 Å². The van der Waals surface area contributed by atoms with Crippen LogP contribution in [0.15, 0.2) is 0 Å². The number of carbonyl (C=O) groups is 2. The fourth-order valence-corrected chi connectivity index (χ4v) is 8.84. The van der Waals surface area contributed by atoms with E-state index in [2.05, 4.69) is 18.7 Å². The molecule has 5 rings (SSSR count). The number of ketones is 1. The van der Waals surface area contributed by atoms with Gasteiger partial charge in [0.25, 0.3) is 0 Å². The summed E-state index contributed by atoms with van der Waals surface area (Å²) in [5.74, 6) is 3.38. The van der Waals surface area contributed by atoms with Crippen LogP contribution >= 0.6 is 0 Å². The molecule has 4 nitrogen and oxygen atoms in total. The van der Waals surface area contributed by atoms with Gasteiger partial charge in [0, 0.05) is 24.8 Å². The van der Waals surface area contributed by atoms with E-state index in [0.717, 1.165) is 57.2 Å². The summed E-state index contributed by atoms with van der Waals surface area (Å²) in [4.78, 5) is 27.3. The third kappa shape index (κ3) is 3.89. The van der Waals surface area contributed by atoms with Crippen molar-refractivity contribution >= 4 is 11.8 Å². The van der Waals surface area contributed by atoms with Gasteiger partial charge in [-0.1, -0.05) is 20.3 Å². The summed E-state index contributed by atoms with van der Waals surface area (Å²) in [6.07, 6.45) is 14.5. The summed E-state index contributed by atoms with van der Waals surface area (Å²) < 4.78 is 6.19. The van der Waals surface area contributed by atoms with Crippen molar-refractivity contribution in [2.45, 2.75) is 103 Å². The van der Waals surface area contributed by atoms with Gasteiger partial charge in [-0.3, -0.25) is 9.59 Å². The lowest BCUT2D eigenvalue weighted by molar-refractivity contribution is -0.164. The van der Waals surface area contributed by atoms with Crippen LogP contribution in [-0.2, 0) is 14.3 Å². The second-order valence-electron chi connectivity index (χ2n) is 12.2. The summed E-state index contributed by atoms with van der Waals surface area (Å²) in [5, 5.41) is 0. The molecule has 0 aromatic heterocycles. The van der Waals surface area contributed by atoms with Gasteiger partial charge in [-0.15, -0.1) is 0 Å². The molecule has 1 saturated heterocycles. The van der Waals surface area contributed by atoms with E-state index in [9.17, 15) is 9.59 Å². The minimum atomic E-state index is 0.0287. The largest absolute Gasteiger partial charge is 0.462 e. The molecule has 31 heavy (non-hydrogen) atoms. The van der Waals surface area contributed by atoms with Crippen LogP contribution < -0.4 is 0 Å². The van der Waals surface area contributed by atoms with E-state index in [1.54, 1.807) is 0 Å². The Kier molecular flexibility index (Phi) is 5.99. The number of rotatable bonds is 4. The quantitative estimate of drug-likeness (QED) is 0.563. The Balaban J connectivity index is 1.22. The van der Waals surface area contributed by atoms with Gasteiger partial charge >= 0.3 is 5.97 Å². The molecule has 1 heterocycles. The molecule has 174 valence electrons. The smallest absolute Gasteiger partial charge is 0.307 e. The van der Waals surface area contributed by atoms with Crippen LogP contribution in [0.2, 0.25) is 0 Å². The highest BCUT2D eigenvalue weighted by Crippen LogP contribution is 2.66. The van der Waals surface area contributed by atoms with Crippen LogP contribution in [0.5, 0.6) is 0 Å². The van der Waals surface area contributed by atoms with E-state index in [0.29, 0.717) is 29.5 Å². The Labute approximate surface area is 188 Å². The molecule has 4 aliphatic carbocycles. The Hall–Kier alpha value is -0.900. The highest BCUT2D eigenvalue weighted by atomic mass is 16.5. The van der Waals surface area contributed by atoms with E-state index < -0.39 is 0 Å². The maximum atomic E-state index is 12.7. The Morgan fingerprint density at radius 2 is 1.74 bits per heavy atom. The number of esters is 1.